The van der Waals surface area contributed by atoms with E-state index >= 15 is 0 Å². The van der Waals surface area contributed by atoms with Crippen LogP contribution in [0.4, 0.5) is 4.39 Å². The van der Waals surface area contributed by atoms with Gasteiger partial charge in [-0.25, -0.2) is 14.4 Å². The number of hydrogen-bond donors (Lipinski definition) is 1. The zero-order valence-corrected chi connectivity index (χ0v) is 12.2. The molecule has 3 nitrogen and oxygen atoms in total. The zero-order valence-electron chi connectivity index (χ0n) is 10.6. The molecular weight excluding hydrogens is 309 g/mol. The first kappa shape index (κ1) is 14.1. The molecule has 100 valence electrons. The van der Waals surface area contributed by atoms with Crippen LogP contribution in [0, 0.1) is 5.82 Å². The SMILES string of the molecule is CCCNC(c1cncnc1)c1ccc(F)c(Br)c1. The van der Waals surface area contributed by atoms with Crippen molar-refractivity contribution in [1.82, 2.24) is 15.3 Å². The van der Waals surface area contributed by atoms with Crippen molar-refractivity contribution in [3.63, 3.8) is 0 Å². The fourth-order valence-electron chi connectivity index (χ4n) is 1.87. The predicted molar refractivity (Wildman–Crippen MR) is 76.3 cm³/mol. The van der Waals surface area contributed by atoms with E-state index < -0.39 is 0 Å². The van der Waals surface area contributed by atoms with E-state index in [1.54, 1.807) is 24.5 Å². The third-order valence-corrected chi connectivity index (χ3v) is 3.40. The van der Waals surface area contributed by atoms with Crippen LogP contribution in [-0.4, -0.2) is 16.5 Å². The summed E-state index contributed by atoms with van der Waals surface area (Å²) >= 11 is 3.22. The second-order valence-electron chi connectivity index (χ2n) is 4.23. The van der Waals surface area contributed by atoms with E-state index in [0.29, 0.717) is 4.47 Å². The Balaban J connectivity index is 2.34. The highest BCUT2D eigenvalue weighted by Gasteiger charge is 2.15. The molecule has 1 aromatic carbocycles. The first-order valence-electron chi connectivity index (χ1n) is 6.15. The summed E-state index contributed by atoms with van der Waals surface area (Å²) in [6.45, 7) is 2.97. The molecule has 1 N–H and O–H groups in total. The third-order valence-electron chi connectivity index (χ3n) is 2.79. The van der Waals surface area contributed by atoms with Crippen molar-refractivity contribution in [2.24, 2.45) is 0 Å². The van der Waals surface area contributed by atoms with Crippen molar-refractivity contribution in [2.75, 3.05) is 6.54 Å². The number of nitrogens with one attached hydrogen (secondary N) is 1. The lowest BCUT2D eigenvalue weighted by atomic mass is 10.0. The number of halogens is 2. The predicted octanol–water partition coefficient (Wildman–Crippen LogP) is 3.47. The van der Waals surface area contributed by atoms with Gasteiger partial charge < -0.3 is 5.32 Å². The molecular formula is C14H15BrFN3. The topological polar surface area (TPSA) is 37.8 Å². The van der Waals surface area contributed by atoms with Crippen LogP contribution >= 0.6 is 15.9 Å². The fraction of sp³-hybridized carbons (Fsp3) is 0.286. The van der Waals surface area contributed by atoms with Crippen molar-refractivity contribution in [3.05, 3.63) is 58.3 Å². The molecule has 5 heteroatoms. The Hall–Kier alpha value is -1.33. The van der Waals surface area contributed by atoms with Crippen LogP contribution in [0.25, 0.3) is 0 Å². The molecule has 0 spiro atoms. The van der Waals surface area contributed by atoms with Crippen LogP contribution in [0.1, 0.15) is 30.5 Å². The van der Waals surface area contributed by atoms with E-state index in [9.17, 15) is 4.39 Å². The van der Waals surface area contributed by atoms with Gasteiger partial charge in [-0.3, -0.25) is 0 Å². The smallest absolute Gasteiger partial charge is 0.137 e. The van der Waals surface area contributed by atoms with Gasteiger partial charge in [0.05, 0.1) is 10.5 Å². The van der Waals surface area contributed by atoms with Crippen molar-refractivity contribution >= 4 is 15.9 Å². The minimum Gasteiger partial charge on any atom is -0.306 e. The molecule has 2 rings (SSSR count). The van der Waals surface area contributed by atoms with Gasteiger partial charge in [0.15, 0.2) is 0 Å². The average Bonchev–Trinajstić information content (AvgIpc) is 2.44. The maximum Gasteiger partial charge on any atom is 0.137 e. The fourth-order valence-corrected chi connectivity index (χ4v) is 2.26. The number of rotatable bonds is 5. The monoisotopic (exact) mass is 323 g/mol. The summed E-state index contributed by atoms with van der Waals surface area (Å²) in [5, 5.41) is 3.43. The second kappa shape index (κ2) is 6.73. The van der Waals surface area contributed by atoms with Crippen LogP contribution < -0.4 is 5.32 Å². The van der Waals surface area contributed by atoms with Crippen molar-refractivity contribution < 1.29 is 4.39 Å². The van der Waals surface area contributed by atoms with Crippen LogP contribution in [0.2, 0.25) is 0 Å². The normalized spacial score (nSPS) is 12.4. The summed E-state index contributed by atoms with van der Waals surface area (Å²) in [6.07, 6.45) is 6.07. The Kier molecular flexibility index (Phi) is 4.99. The van der Waals surface area contributed by atoms with Gasteiger partial charge >= 0.3 is 0 Å². The lowest BCUT2D eigenvalue weighted by Gasteiger charge is -2.19. The Morgan fingerprint density at radius 2 is 2.00 bits per heavy atom. The average molecular weight is 324 g/mol. The summed E-state index contributed by atoms with van der Waals surface area (Å²) in [5.74, 6) is -0.262. The van der Waals surface area contributed by atoms with Crippen molar-refractivity contribution in [1.29, 1.82) is 0 Å². The van der Waals surface area contributed by atoms with Gasteiger partial charge in [-0.2, -0.15) is 0 Å². The Bertz CT molecular complexity index is 533. The van der Waals surface area contributed by atoms with Crippen LogP contribution in [0.15, 0.2) is 41.4 Å². The Morgan fingerprint density at radius 3 is 2.63 bits per heavy atom. The highest BCUT2D eigenvalue weighted by atomic mass is 79.9. The molecule has 0 saturated carbocycles. The molecule has 0 aliphatic rings. The lowest BCUT2D eigenvalue weighted by Crippen LogP contribution is -2.23. The van der Waals surface area contributed by atoms with Gasteiger partial charge in [0, 0.05) is 18.0 Å². The second-order valence-corrected chi connectivity index (χ2v) is 5.09. The van der Waals surface area contributed by atoms with Gasteiger partial charge in [-0.05, 0) is 46.6 Å². The first-order chi connectivity index (χ1) is 9.22. The van der Waals surface area contributed by atoms with E-state index in [2.05, 4.69) is 38.1 Å². The number of hydrogen-bond acceptors (Lipinski definition) is 3. The highest BCUT2D eigenvalue weighted by molar-refractivity contribution is 9.10. The molecule has 0 aliphatic carbocycles. The van der Waals surface area contributed by atoms with Gasteiger partial charge in [0.25, 0.3) is 0 Å². The van der Waals surface area contributed by atoms with Crippen molar-refractivity contribution in [3.8, 4) is 0 Å². The standard InChI is InChI=1S/C14H15BrFN3/c1-2-5-19-14(11-7-17-9-18-8-11)10-3-4-13(16)12(15)6-10/h3-4,6-9,14,19H,2,5H2,1H3. The largest absolute Gasteiger partial charge is 0.306 e. The first-order valence-corrected chi connectivity index (χ1v) is 6.95. The molecule has 1 unspecified atom stereocenters. The molecule has 0 bridgehead atoms. The van der Waals surface area contributed by atoms with Crippen LogP contribution in [0.3, 0.4) is 0 Å². The minimum absolute atomic E-state index is 0.0296. The summed E-state index contributed by atoms with van der Waals surface area (Å²) in [5.41, 5.74) is 1.95. The minimum atomic E-state index is -0.262. The van der Waals surface area contributed by atoms with Gasteiger partial charge in [-0.15, -0.1) is 0 Å². The maximum absolute atomic E-state index is 13.3. The molecule has 0 saturated heterocycles. The summed E-state index contributed by atoms with van der Waals surface area (Å²) < 4.78 is 13.8. The maximum atomic E-state index is 13.3. The molecule has 0 amide bonds. The molecule has 0 aliphatic heterocycles. The number of benzene rings is 1. The van der Waals surface area contributed by atoms with Gasteiger partial charge in [0.2, 0.25) is 0 Å². The van der Waals surface area contributed by atoms with Crippen LogP contribution in [0.5, 0.6) is 0 Å². The quantitative estimate of drug-likeness (QED) is 0.915. The molecule has 1 atom stereocenters. The van der Waals surface area contributed by atoms with E-state index in [1.165, 1.54) is 12.4 Å². The van der Waals surface area contributed by atoms with E-state index in [0.717, 1.165) is 24.1 Å². The van der Waals surface area contributed by atoms with Crippen LogP contribution in [-0.2, 0) is 0 Å². The molecule has 0 radical (unpaired) electrons. The Morgan fingerprint density at radius 1 is 1.26 bits per heavy atom. The van der Waals surface area contributed by atoms with E-state index in [-0.39, 0.29) is 11.9 Å². The summed E-state index contributed by atoms with van der Waals surface area (Å²) in [6, 6.07) is 5.00. The molecule has 1 heterocycles. The molecule has 0 fully saturated rings. The summed E-state index contributed by atoms with van der Waals surface area (Å²) in [4.78, 5) is 8.08. The lowest BCUT2D eigenvalue weighted by molar-refractivity contribution is 0.588. The number of nitrogens with zero attached hydrogens (tertiary/aromatic N) is 2. The third kappa shape index (κ3) is 3.58. The molecule has 19 heavy (non-hydrogen) atoms. The Labute approximate surface area is 120 Å². The van der Waals surface area contributed by atoms with E-state index in [4.69, 9.17) is 0 Å². The van der Waals surface area contributed by atoms with E-state index in [1.807, 2.05) is 0 Å². The zero-order chi connectivity index (χ0) is 13.7. The van der Waals surface area contributed by atoms with Gasteiger partial charge in [-0.1, -0.05) is 13.0 Å². The van der Waals surface area contributed by atoms with Crippen molar-refractivity contribution in [2.45, 2.75) is 19.4 Å². The molecule has 2 aromatic rings. The van der Waals surface area contributed by atoms with Gasteiger partial charge in [0.1, 0.15) is 12.1 Å². The molecule has 1 aromatic heterocycles. The highest BCUT2D eigenvalue weighted by Crippen LogP contribution is 2.25. The number of aromatic nitrogens is 2. The summed E-state index contributed by atoms with van der Waals surface area (Å²) in [7, 11) is 0.